The van der Waals surface area contributed by atoms with E-state index in [1.807, 2.05) is 85.5 Å². The number of carbonyl (C=O) groups is 1. The Bertz CT molecular complexity index is 748. The number of aromatic nitrogens is 1. The third-order valence-electron chi connectivity index (χ3n) is 6.14. The maximum absolute atomic E-state index is 12.6. The number of pyridine rings is 1. The van der Waals surface area contributed by atoms with Gasteiger partial charge in [-0.25, -0.2) is 9.78 Å². The predicted molar refractivity (Wildman–Crippen MR) is 119 cm³/mol. The van der Waals surface area contributed by atoms with E-state index >= 15 is 0 Å². The van der Waals surface area contributed by atoms with Gasteiger partial charge in [-0.15, -0.1) is 0 Å². The molecule has 30 heavy (non-hydrogen) atoms. The highest BCUT2D eigenvalue weighted by molar-refractivity contribution is 6.62. The largest absolute Gasteiger partial charge is 0.496 e. The third kappa shape index (κ3) is 4.59. The number of piperazine rings is 1. The highest BCUT2D eigenvalue weighted by atomic mass is 16.7. The number of ether oxygens (including phenoxy) is 1. The minimum Gasteiger partial charge on any atom is -0.444 e. The molecular weight excluding hydrogens is 381 g/mol. The summed E-state index contributed by atoms with van der Waals surface area (Å²) in [5, 5.41) is 0. The molecule has 2 aliphatic heterocycles. The molecule has 2 aliphatic rings. The Morgan fingerprint density at radius 2 is 1.63 bits per heavy atom. The van der Waals surface area contributed by atoms with E-state index in [1.54, 1.807) is 0 Å². The van der Waals surface area contributed by atoms with E-state index in [-0.39, 0.29) is 29.4 Å². The van der Waals surface area contributed by atoms with Crippen LogP contribution in [-0.2, 0) is 14.0 Å². The van der Waals surface area contributed by atoms with E-state index in [9.17, 15) is 4.79 Å². The van der Waals surface area contributed by atoms with Crippen LogP contribution in [0.5, 0.6) is 0 Å². The first-order chi connectivity index (χ1) is 13.7. The summed E-state index contributed by atoms with van der Waals surface area (Å²) in [4.78, 5) is 21.3. The number of rotatable bonds is 2. The molecule has 2 saturated heterocycles. The van der Waals surface area contributed by atoms with Crippen molar-refractivity contribution in [2.45, 2.75) is 91.2 Å². The summed E-state index contributed by atoms with van der Waals surface area (Å²) < 4.78 is 17.8. The molecule has 1 aromatic heterocycles. The fourth-order valence-corrected chi connectivity index (χ4v) is 3.89. The number of hydrogen-bond acceptors (Lipinski definition) is 6. The number of nitrogens with zero attached hydrogens (tertiary/aromatic N) is 3. The van der Waals surface area contributed by atoms with Crippen LogP contribution in [0, 0.1) is 0 Å². The lowest BCUT2D eigenvalue weighted by molar-refractivity contribution is 0.00560. The van der Waals surface area contributed by atoms with E-state index in [1.165, 1.54) is 0 Å². The van der Waals surface area contributed by atoms with Gasteiger partial charge in [-0.05, 0) is 68.4 Å². The normalized spacial score (nSPS) is 26.1. The van der Waals surface area contributed by atoms with Crippen LogP contribution in [0.2, 0.25) is 0 Å². The van der Waals surface area contributed by atoms with Gasteiger partial charge in [-0.1, -0.05) is 6.07 Å². The molecule has 0 bridgehead atoms. The van der Waals surface area contributed by atoms with Crippen LogP contribution in [0.1, 0.15) is 62.3 Å². The quantitative estimate of drug-likeness (QED) is 0.689. The van der Waals surface area contributed by atoms with E-state index in [0.717, 1.165) is 11.3 Å². The summed E-state index contributed by atoms with van der Waals surface area (Å²) in [5.74, 6) is 0.887. The summed E-state index contributed by atoms with van der Waals surface area (Å²) in [5.41, 5.74) is -0.345. The molecule has 0 N–H and O–H groups in total. The van der Waals surface area contributed by atoms with Crippen molar-refractivity contribution in [2.75, 3.05) is 18.0 Å². The summed E-state index contributed by atoms with van der Waals surface area (Å²) in [7, 11) is -0.418. The lowest BCUT2D eigenvalue weighted by Gasteiger charge is -2.44. The zero-order chi connectivity index (χ0) is 22.5. The average molecular weight is 417 g/mol. The second-order valence-corrected chi connectivity index (χ2v) is 10.5. The fraction of sp³-hybridized carbons (Fsp3) is 0.727. The molecule has 0 aromatic carbocycles. The van der Waals surface area contributed by atoms with Crippen molar-refractivity contribution in [3.05, 3.63) is 18.3 Å². The van der Waals surface area contributed by atoms with Crippen LogP contribution >= 0.6 is 0 Å². The summed E-state index contributed by atoms with van der Waals surface area (Å²) in [6, 6.07) is 4.06. The monoisotopic (exact) mass is 417 g/mol. The lowest BCUT2D eigenvalue weighted by atomic mass is 9.80. The van der Waals surface area contributed by atoms with Gasteiger partial charge in [0.2, 0.25) is 0 Å². The molecule has 2 atom stereocenters. The standard InChI is InChI=1S/C22H36BN3O4/c1-15-13-25(14-16(2)26(15)19(27)28-20(3,4)5)18-11-10-17(12-24-18)23-29-21(6,7)22(8,9)30-23/h10-12,15-16H,13-14H2,1-9H3. The molecule has 7 nitrogen and oxygen atoms in total. The molecule has 0 saturated carbocycles. The summed E-state index contributed by atoms with van der Waals surface area (Å²) in [6.07, 6.45) is 1.57. The van der Waals surface area contributed by atoms with Gasteiger partial charge in [0.15, 0.2) is 0 Å². The lowest BCUT2D eigenvalue weighted by Crippen LogP contribution is -2.59. The van der Waals surface area contributed by atoms with Crippen molar-refractivity contribution in [1.29, 1.82) is 0 Å². The number of anilines is 1. The highest BCUT2D eigenvalue weighted by Gasteiger charge is 2.51. The van der Waals surface area contributed by atoms with Crippen LogP contribution in [-0.4, -0.2) is 65.1 Å². The molecule has 2 unspecified atom stereocenters. The minimum atomic E-state index is -0.501. The topological polar surface area (TPSA) is 64.1 Å². The Morgan fingerprint density at radius 3 is 2.07 bits per heavy atom. The van der Waals surface area contributed by atoms with Gasteiger partial charge in [-0.3, -0.25) is 4.90 Å². The van der Waals surface area contributed by atoms with Gasteiger partial charge in [0, 0.05) is 24.7 Å². The Hall–Kier alpha value is -1.80. The molecule has 166 valence electrons. The maximum Gasteiger partial charge on any atom is 0.496 e. The third-order valence-corrected chi connectivity index (χ3v) is 6.14. The van der Waals surface area contributed by atoms with Crippen molar-refractivity contribution >= 4 is 24.5 Å². The Morgan fingerprint density at radius 1 is 1.10 bits per heavy atom. The van der Waals surface area contributed by atoms with E-state index in [2.05, 4.69) is 9.88 Å². The van der Waals surface area contributed by atoms with Gasteiger partial charge in [0.25, 0.3) is 0 Å². The molecule has 3 rings (SSSR count). The van der Waals surface area contributed by atoms with Gasteiger partial charge >= 0.3 is 13.2 Å². The second kappa shape index (κ2) is 7.72. The van der Waals surface area contributed by atoms with Gasteiger partial charge < -0.3 is 18.9 Å². The summed E-state index contributed by atoms with van der Waals surface area (Å²) in [6.45, 7) is 19.3. The Labute approximate surface area is 181 Å². The number of amides is 1. The van der Waals surface area contributed by atoms with Gasteiger partial charge in [0.05, 0.1) is 23.3 Å². The first-order valence-corrected chi connectivity index (χ1v) is 10.8. The van der Waals surface area contributed by atoms with Crippen molar-refractivity contribution in [3.63, 3.8) is 0 Å². The SMILES string of the molecule is CC1CN(c2ccc(B3OC(C)(C)C(C)(C)O3)cn2)CC(C)N1C(=O)OC(C)(C)C. The number of carbonyl (C=O) groups excluding carboxylic acids is 1. The zero-order valence-electron chi connectivity index (χ0n) is 19.9. The molecule has 3 heterocycles. The fourth-order valence-electron chi connectivity index (χ4n) is 3.89. The van der Waals surface area contributed by atoms with Crippen molar-refractivity contribution < 1.29 is 18.8 Å². The van der Waals surface area contributed by atoms with Crippen LogP contribution < -0.4 is 10.4 Å². The van der Waals surface area contributed by atoms with Crippen molar-refractivity contribution in [3.8, 4) is 0 Å². The van der Waals surface area contributed by atoms with Gasteiger partial charge in [-0.2, -0.15) is 0 Å². The Kier molecular flexibility index (Phi) is 5.88. The molecule has 0 spiro atoms. The Balaban J connectivity index is 1.68. The first kappa shape index (κ1) is 22.9. The van der Waals surface area contributed by atoms with Crippen LogP contribution in [0.25, 0.3) is 0 Å². The molecular formula is C22H36BN3O4. The van der Waals surface area contributed by atoms with Gasteiger partial charge in [0.1, 0.15) is 11.4 Å². The average Bonchev–Trinajstić information content (AvgIpc) is 2.80. The van der Waals surface area contributed by atoms with Crippen LogP contribution in [0.15, 0.2) is 18.3 Å². The maximum atomic E-state index is 12.6. The zero-order valence-corrected chi connectivity index (χ0v) is 19.9. The number of hydrogen-bond donors (Lipinski definition) is 0. The molecule has 8 heteroatoms. The molecule has 0 radical (unpaired) electrons. The van der Waals surface area contributed by atoms with E-state index in [0.29, 0.717) is 13.1 Å². The van der Waals surface area contributed by atoms with E-state index in [4.69, 9.17) is 14.0 Å². The van der Waals surface area contributed by atoms with Crippen molar-refractivity contribution in [2.24, 2.45) is 0 Å². The molecule has 0 aliphatic carbocycles. The minimum absolute atomic E-state index is 0.0215. The predicted octanol–water partition coefficient (Wildman–Crippen LogP) is 3.21. The smallest absolute Gasteiger partial charge is 0.444 e. The molecule has 2 fully saturated rings. The summed E-state index contributed by atoms with van der Waals surface area (Å²) >= 11 is 0. The van der Waals surface area contributed by atoms with Crippen LogP contribution in [0.4, 0.5) is 10.6 Å². The first-order valence-electron chi connectivity index (χ1n) is 10.8. The second-order valence-electron chi connectivity index (χ2n) is 10.5. The van der Waals surface area contributed by atoms with Crippen molar-refractivity contribution in [1.82, 2.24) is 9.88 Å². The highest BCUT2D eigenvalue weighted by Crippen LogP contribution is 2.36. The van der Waals surface area contributed by atoms with Crippen LogP contribution in [0.3, 0.4) is 0 Å². The van der Waals surface area contributed by atoms with E-state index < -0.39 is 12.7 Å². The molecule has 1 amide bonds. The molecule has 1 aromatic rings.